The second-order valence-corrected chi connectivity index (χ2v) is 9.54. The summed E-state index contributed by atoms with van der Waals surface area (Å²) in [5, 5.41) is 3.84. The Morgan fingerprint density at radius 2 is 2.09 bits per heavy atom. The van der Waals surface area contributed by atoms with Crippen molar-refractivity contribution in [3.8, 4) is 17.1 Å². The summed E-state index contributed by atoms with van der Waals surface area (Å²) in [6.07, 6.45) is 3.03. The summed E-state index contributed by atoms with van der Waals surface area (Å²) in [6, 6.07) is 5.79. The largest absolute Gasteiger partial charge is 0.496 e. The number of rotatable bonds is 6. The number of benzene rings is 1. The average Bonchev–Trinajstić information content (AvgIpc) is 3.60. The highest BCUT2D eigenvalue weighted by Gasteiger charge is 2.52. The first-order valence-electron chi connectivity index (χ1n) is 11.8. The predicted octanol–water partition coefficient (Wildman–Crippen LogP) is 2.57. The molecule has 6 rings (SSSR count). The minimum absolute atomic E-state index is 0.0944. The van der Waals surface area contributed by atoms with E-state index < -0.39 is 5.92 Å². The topological polar surface area (TPSA) is 128 Å². The number of primary amides is 1. The first-order chi connectivity index (χ1) is 17.0. The van der Waals surface area contributed by atoms with Gasteiger partial charge in [-0.3, -0.25) is 4.79 Å². The van der Waals surface area contributed by atoms with Crippen molar-refractivity contribution in [1.82, 2.24) is 15.0 Å². The summed E-state index contributed by atoms with van der Waals surface area (Å²) in [5.41, 5.74) is 9.35. The van der Waals surface area contributed by atoms with Crippen LogP contribution in [0.2, 0.25) is 5.02 Å². The van der Waals surface area contributed by atoms with E-state index in [1.54, 1.807) is 13.3 Å². The van der Waals surface area contributed by atoms with Crippen molar-refractivity contribution >= 4 is 40.0 Å². The van der Waals surface area contributed by atoms with Crippen LogP contribution >= 0.6 is 11.6 Å². The van der Waals surface area contributed by atoms with Gasteiger partial charge >= 0.3 is 0 Å². The van der Waals surface area contributed by atoms with Crippen molar-refractivity contribution in [2.75, 3.05) is 43.6 Å². The molecule has 2 bridgehead atoms. The van der Waals surface area contributed by atoms with E-state index in [0.29, 0.717) is 46.7 Å². The number of aromatic nitrogens is 3. The molecule has 3 unspecified atom stereocenters. The molecule has 184 valence electrons. The molecule has 0 saturated carbocycles. The van der Waals surface area contributed by atoms with Gasteiger partial charge in [-0.05, 0) is 25.0 Å². The number of imidazole rings is 1. The number of pyridine rings is 1. The summed E-state index contributed by atoms with van der Waals surface area (Å²) in [4.78, 5) is 27.0. The summed E-state index contributed by atoms with van der Waals surface area (Å²) < 4.78 is 17.1. The predicted molar refractivity (Wildman–Crippen MR) is 132 cm³/mol. The van der Waals surface area contributed by atoms with E-state index in [2.05, 4.69) is 26.3 Å². The fourth-order valence-electron chi connectivity index (χ4n) is 5.48. The third kappa shape index (κ3) is 3.85. The van der Waals surface area contributed by atoms with E-state index in [0.717, 1.165) is 37.2 Å². The van der Waals surface area contributed by atoms with Crippen LogP contribution < -0.4 is 20.7 Å². The Balaban J connectivity index is 1.35. The van der Waals surface area contributed by atoms with Crippen molar-refractivity contribution < 1.29 is 19.0 Å². The highest BCUT2D eigenvalue weighted by molar-refractivity contribution is 6.34. The van der Waals surface area contributed by atoms with Crippen LogP contribution in [0.3, 0.4) is 0 Å². The van der Waals surface area contributed by atoms with Gasteiger partial charge in [-0.25, -0.2) is 9.97 Å². The van der Waals surface area contributed by atoms with Crippen molar-refractivity contribution in [2.24, 2.45) is 11.7 Å². The lowest BCUT2D eigenvalue weighted by molar-refractivity contribution is -0.123. The number of nitrogens with one attached hydrogen (secondary N) is 2. The molecule has 10 nitrogen and oxygen atoms in total. The zero-order chi connectivity index (χ0) is 24.1. The number of morpholine rings is 1. The molecule has 2 aromatic heterocycles. The van der Waals surface area contributed by atoms with Crippen LogP contribution in [0.25, 0.3) is 22.6 Å². The van der Waals surface area contributed by atoms with Gasteiger partial charge in [-0.2, -0.15) is 0 Å². The highest BCUT2D eigenvalue weighted by Crippen LogP contribution is 2.42. The number of hydrogen-bond donors (Lipinski definition) is 3. The number of anilines is 2. The molecule has 3 fully saturated rings. The molecule has 1 amide bonds. The molecular formula is C24H27ClN6O4. The molecule has 3 aromatic rings. The Morgan fingerprint density at radius 1 is 1.29 bits per heavy atom. The zero-order valence-electron chi connectivity index (χ0n) is 19.3. The smallest absolute Gasteiger partial charge is 0.225 e. The molecule has 4 N–H and O–H groups in total. The standard InChI is InChI=1S/C24H27ClN6O4/c1-33-17-10-12(31-6-8-34-9-7-31)2-3-13(17)23-29-21-19(14(25)11-27-24(21)30-23)28-20-16-5-4-15(35-16)18(20)22(26)32/h2-3,10-11,15-16,18,20H,4-9H2,1H3,(H2,26,32)(H2,27,28,29,30)/t15?,16-,18?,20?/m1/s1. The maximum atomic E-state index is 12.2. The number of amides is 1. The SMILES string of the molecule is COc1cc(N2CCOCC2)ccc1-c1nc2c(NC3C(C(N)=O)C4CC[C@H]3O4)c(Cl)cnc2[nH]1. The van der Waals surface area contributed by atoms with Gasteiger partial charge in [-0.1, -0.05) is 11.6 Å². The van der Waals surface area contributed by atoms with E-state index in [1.165, 1.54) is 0 Å². The van der Waals surface area contributed by atoms with E-state index in [4.69, 9.17) is 36.5 Å². The minimum atomic E-state index is -0.417. The molecule has 0 spiro atoms. The zero-order valence-corrected chi connectivity index (χ0v) is 20.0. The summed E-state index contributed by atoms with van der Waals surface area (Å²) >= 11 is 6.56. The fraction of sp³-hybridized carbons (Fsp3) is 0.458. The molecule has 4 atom stereocenters. The number of hydrogen-bond acceptors (Lipinski definition) is 8. The fourth-order valence-corrected chi connectivity index (χ4v) is 5.67. The van der Waals surface area contributed by atoms with Gasteiger partial charge in [0.25, 0.3) is 0 Å². The van der Waals surface area contributed by atoms with Crippen LogP contribution in [-0.4, -0.2) is 72.5 Å². The first-order valence-corrected chi connectivity index (χ1v) is 12.2. The Morgan fingerprint density at radius 3 is 2.86 bits per heavy atom. The number of methoxy groups -OCH3 is 1. The van der Waals surface area contributed by atoms with Gasteiger partial charge in [-0.15, -0.1) is 0 Å². The number of nitrogens with zero attached hydrogens (tertiary/aromatic N) is 3. The first kappa shape index (κ1) is 22.4. The molecule has 35 heavy (non-hydrogen) atoms. The maximum absolute atomic E-state index is 12.2. The number of ether oxygens (including phenoxy) is 3. The Bertz CT molecular complexity index is 1280. The average molecular weight is 499 g/mol. The number of H-pyrrole nitrogens is 1. The molecule has 1 aromatic carbocycles. The quantitative estimate of drug-likeness (QED) is 0.473. The second-order valence-electron chi connectivity index (χ2n) is 9.14. The Kier molecular flexibility index (Phi) is 5.66. The van der Waals surface area contributed by atoms with Crippen LogP contribution in [0.15, 0.2) is 24.4 Å². The van der Waals surface area contributed by atoms with E-state index in [1.807, 2.05) is 12.1 Å². The van der Waals surface area contributed by atoms with Crippen LogP contribution in [0.1, 0.15) is 12.8 Å². The van der Waals surface area contributed by atoms with Crippen LogP contribution in [0.4, 0.5) is 11.4 Å². The lowest BCUT2D eigenvalue weighted by atomic mass is 9.84. The molecule has 3 aliphatic heterocycles. The molecule has 3 aliphatic rings. The summed E-state index contributed by atoms with van der Waals surface area (Å²) in [5.74, 6) is 0.519. The highest BCUT2D eigenvalue weighted by atomic mass is 35.5. The van der Waals surface area contributed by atoms with Gasteiger partial charge in [0.15, 0.2) is 5.65 Å². The van der Waals surface area contributed by atoms with E-state index in [-0.39, 0.29) is 24.2 Å². The third-order valence-electron chi connectivity index (χ3n) is 7.20. The van der Waals surface area contributed by atoms with Gasteiger partial charge < -0.3 is 35.1 Å². The summed E-state index contributed by atoms with van der Waals surface area (Å²) in [7, 11) is 1.64. The van der Waals surface area contributed by atoms with E-state index >= 15 is 0 Å². The summed E-state index contributed by atoms with van der Waals surface area (Å²) in [6.45, 7) is 3.09. The lowest BCUT2D eigenvalue weighted by Crippen LogP contribution is -2.45. The van der Waals surface area contributed by atoms with E-state index in [9.17, 15) is 4.79 Å². The second kappa shape index (κ2) is 8.85. The lowest BCUT2D eigenvalue weighted by Gasteiger charge is -2.29. The Hall–Kier alpha value is -3.08. The van der Waals surface area contributed by atoms with Crippen molar-refractivity contribution in [3.05, 3.63) is 29.4 Å². The molecular weight excluding hydrogens is 472 g/mol. The molecule has 11 heteroatoms. The molecule has 5 heterocycles. The maximum Gasteiger partial charge on any atom is 0.225 e. The number of halogens is 1. The molecule has 0 aliphatic carbocycles. The van der Waals surface area contributed by atoms with Gasteiger partial charge in [0.05, 0.1) is 67.0 Å². The van der Waals surface area contributed by atoms with Crippen molar-refractivity contribution in [2.45, 2.75) is 31.1 Å². The number of carbonyl (C=O) groups excluding carboxylic acids is 1. The Labute approximate surface area is 207 Å². The normalized spacial score (nSPS) is 25.8. The van der Waals surface area contributed by atoms with Gasteiger partial charge in [0, 0.05) is 24.8 Å². The van der Waals surface area contributed by atoms with Crippen molar-refractivity contribution in [3.63, 3.8) is 0 Å². The third-order valence-corrected chi connectivity index (χ3v) is 7.48. The number of nitrogens with two attached hydrogens (primary N) is 1. The molecule has 3 saturated heterocycles. The van der Waals surface area contributed by atoms with Crippen LogP contribution in [0, 0.1) is 5.92 Å². The number of aromatic amines is 1. The number of carbonyl (C=O) groups is 1. The molecule has 0 radical (unpaired) electrons. The van der Waals surface area contributed by atoms with Gasteiger partial charge in [0.1, 0.15) is 17.1 Å². The minimum Gasteiger partial charge on any atom is -0.496 e. The van der Waals surface area contributed by atoms with Crippen LogP contribution in [-0.2, 0) is 14.3 Å². The van der Waals surface area contributed by atoms with Gasteiger partial charge in [0.2, 0.25) is 5.91 Å². The van der Waals surface area contributed by atoms with Crippen molar-refractivity contribution in [1.29, 1.82) is 0 Å². The van der Waals surface area contributed by atoms with Crippen LogP contribution in [0.5, 0.6) is 5.75 Å². The monoisotopic (exact) mass is 498 g/mol. The number of fused-ring (bicyclic) bond motifs is 3.